The van der Waals surface area contributed by atoms with Crippen LogP contribution in [0.15, 0.2) is 18.2 Å². The fourth-order valence-corrected chi connectivity index (χ4v) is 1.99. The van der Waals surface area contributed by atoms with Crippen LogP contribution in [0.2, 0.25) is 0 Å². The van der Waals surface area contributed by atoms with E-state index in [4.69, 9.17) is 15.6 Å². The minimum Gasteiger partial charge on any atom is -0.490 e. The Kier molecular flexibility index (Phi) is 7.75. The molecule has 4 nitrogen and oxygen atoms in total. The Morgan fingerprint density at radius 1 is 1.43 bits per heavy atom. The normalized spacial score (nSPS) is 12.1. The van der Waals surface area contributed by atoms with Crippen LogP contribution in [0.1, 0.15) is 38.2 Å². The molecule has 1 amide bonds. The number of aryl methyl sites for hydroxylation is 1. The van der Waals surface area contributed by atoms with E-state index in [-0.39, 0.29) is 30.0 Å². The molecule has 0 heterocycles. The SMILES string of the molecule is C[C@@H](CCC(N)=O)COc1cccc(CCCCO)c1F. The zero-order valence-electron chi connectivity index (χ0n) is 12.5. The van der Waals surface area contributed by atoms with Crippen molar-refractivity contribution in [3.63, 3.8) is 0 Å². The van der Waals surface area contributed by atoms with Crippen LogP contribution in [0.5, 0.6) is 5.75 Å². The Balaban J connectivity index is 2.51. The molecule has 5 heteroatoms. The molecule has 1 aromatic carbocycles. The summed E-state index contributed by atoms with van der Waals surface area (Å²) in [6.07, 6.45) is 2.93. The Morgan fingerprint density at radius 2 is 2.19 bits per heavy atom. The van der Waals surface area contributed by atoms with Gasteiger partial charge in [-0.25, -0.2) is 4.39 Å². The largest absolute Gasteiger partial charge is 0.490 e. The number of halogens is 1. The number of benzene rings is 1. The second-order valence-corrected chi connectivity index (χ2v) is 5.33. The van der Waals surface area contributed by atoms with Crippen LogP contribution in [-0.2, 0) is 11.2 Å². The van der Waals surface area contributed by atoms with Crippen LogP contribution >= 0.6 is 0 Å². The highest BCUT2D eigenvalue weighted by atomic mass is 19.1. The zero-order valence-corrected chi connectivity index (χ0v) is 12.5. The quantitative estimate of drug-likeness (QED) is 0.651. The number of aliphatic hydroxyl groups is 1. The van der Waals surface area contributed by atoms with Gasteiger partial charge in [0.2, 0.25) is 5.91 Å². The lowest BCUT2D eigenvalue weighted by atomic mass is 10.1. The lowest BCUT2D eigenvalue weighted by molar-refractivity contribution is -0.118. The van der Waals surface area contributed by atoms with Gasteiger partial charge in [-0.1, -0.05) is 19.1 Å². The van der Waals surface area contributed by atoms with Gasteiger partial charge in [0.1, 0.15) is 0 Å². The Hall–Kier alpha value is -1.62. The number of carbonyl (C=O) groups excluding carboxylic acids is 1. The molecule has 0 unspecified atom stereocenters. The topological polar surface area (TPSA) is 72.6 Å². The first-order valence-electron chi connectivity index (χ1n) is 7.34. The third-order valence-electron chi connectivity index (χ3n) is 3.30. The summed E-state index contributed by atoms with van der Waals surface area (Å²) in [4.78, 5) is 10.7. The number of hydrogen-bond donors (Lipinski definition) is 2. The fourth-order valence-electron chi connectivity index (χ4n) is 1.99. The van der Waals surface area contributed by atoms with Crippen LogP contribution in [0.3, 0.4) is 0 Å². The Labute approximate surface area is 125 Å². The van der Waals surface area contributed by atoms with Gasteiger partial charge in [-0.05, 0) is 43.2 Å². The van der Waals surface area contributed by atoms with Gasteiger partial charge in [0.05, 0.1) is 6.61 Å². The summed E-state index contributed by atoms with van der Waals surface area (Å²) >= 11 is 0. The molecular weight excluding hydrogens is 273 g/mol. The molecule has 0 saturated heterocycles. The number of primary amides is 1. The second-order valence-electron chi connectivity index (χ2n) is 5.33. The standard InChI is InChI=1S/C16H24FNO3/c1-12(8-9-15(18)20)11-21-14-7-4-6-13(16(14)17)5-2-3-10-19/h4,6-7,12,19H,2-3,5,8-11H2,1H3,(H2,18,20)/t12-/m0/s1. The summed E-state index contributed by atoms with van der Waals surface area (Å²) < 4.78 is 19.7. The zero-order chi connectivity index (χ0) is 15.7. The van der Waals surface area contributed by atoms with Gasteiger partial charge in [-0.15, -0.1) is 0 Å². The Bertz CT molecular complexity index is 451. The molecular formula is C16H24FNO3. The number of nitrogens with two attached hydrogens (primary N) is 1. The summed E-state index contributed by atoms with van der Waals surface area (Å²) in [5.74, 6) is -0.297. The maximum Gasteiger partial charge on any atom is 0.217 e. The minimum atomic E-state index is -0.336. The first-order chi connectivity index (χ1) is 10.0. The number of carbonyl (C=O) groups is 1. The van der Waals surface area contributed by atoms with Gasteiger partial charge in [-0.3, -0.25) is 4.79 Å². The van der Waals surface area contributed by atoms with Crippen molar-refractivity contribution in [1.29, 1.82) is 0 Å². The lowest BCUT2D eigenvalue weighted by Gasteiger charge is -2.14. The predicted molar refractivity (Wildman–Crippen MR) is 79.5 cm³/mol. The first kappa shape index (κ1) is 17.4. The lowest BCUT2D eigenvalue weighted by Crippen LogP contribution is -2.15. The van der Waals surface area contributed by atoms with Crippen LogP contribution in [-0.4, -0.2) is 24.2 Å². The number of ether oxygens (including phenoxy) is 1. The minimum absolute atomic E-state index is 0.120. The molecule has 118 valence electrons. The van der Waals surface area contributed by atoms with E-state index in [9.17, 15) is 9.18 Å². The van der Waals surface area contributed by atoms with E-state index >= 15 is 0 Å². The molecule has 0 saturated carbocycles. The summed E-state index contributed by atoms with van der Waals surface area (Å²) in [6.45, 7) is 2.41. The van der Waals surface area contributed by atoms with Gasteiger partial charge in [0.15, 0.2) is 11.6 Å². The van der Waals surface area contributed by atoms with E-state index in [1.165, 1.54) is 0 Å². The van der Waals surface area contributed by atoms with Crippen molar-refractivity contribution < 1.29 is 19.0 Å². The summed E-state index contributed by atoms with van der Waals surface area (Å²) in [7, 11) is 0. The molecule has 0 aliphatic rings. The molecule has 3 N–H and O–H groups in total. The number of rotatable bonds is 10. The number of hydrogen-bond acceptors (Lipinski definition) is 3. The third kappa shape index (κ3) is 6.58. The van der Waals surface area contributed by atoms with Gasteiger partial charge < -0.3 is 15.6 Å². The number of amides is 1. The molecule has 0 radical (unpaired) electrons. The molecule has 0 spiro atoms. The third-order valence-corrected chi connectivity index (χ3v) is 3.30. The summed E-state index contributed by atoms with van der Waals surface area (Å²) in [5.41, 5.74) is 5.69. The first-order valence-corrected chi connectivity index (χ1v) is 7.34. The summed E-state index contributed by atoms with van der Waals surface area (Å²) in [6, 6.07) is 5.10. The van der Waals surface area contributed by atoms with Crippen molar-refractivity contribution in [3.8, 4) is 5.75 Å². The average molecular weight is 297 g/mol. The van der Waals surface area contributed by atoms with E-state index in [1.807, 2.05) is 6.92 Å². The van der Waals surface area contributed by atoms with Crippen molar-refractivity contribution in [3.05, 3.63) is 29.6 Å². The Morgan fingerprint density at radius 3 is 2.86 bits per heavy atom. The molecule has 0 fully saturated rings. The highest BCUT2D eigenvalue weighted by Crippen LogP contribution is 2.22. The van der Waals surface area contributed by atoms with E-state index in [1.54, 1.807) is 18.2 Å². The average Bonchev–Trinajstić information content (AvgIpc) is 2.45. The van der Waals surface area contributed by atoms with Gasteiger partial charge in [-0.2, -0.15) is 0 Å². The molecule has 1 aromatic rings. The smallest absolute Gasteiger partial charge is 0.217 e. The molecule has 21 heavy (non-hydrogen) atoms. The van der Waals surface area contributed by atoms with Crippen LogP contribution in [0, 0.1) is 11.7 Å². The molecule has 1 atom stereocenters. The van der Waals surface area contributed by atoms with Gasteiger partial charge in [0.25, 0.3) is 0 Å². The van der Waals surface area contributed by atoms with Crippen LogP contribution < -0.4 is 10.5 Å². The molecule has 0 bridgehead atoms. The van der Waals surface area contributed by atoms with Crippen molar-refractivity contribution in [2.24, 2.45) is 11.7 Å². The summed E-state index contributed by atoms with van der Waals surface area (Å²) in [5, 5.41) is 8.75. The second kappa shape index (κ2) is 9.34. The maximum atomic E-state index is 14.2. The maximum absolute atomic E-state index is 14.2. The molecule has 0 aliphatic carbocycles. The number of aliphatic hydroxyl groups excluding tert-OH is 1. The monoisotopic (exact) mass is 297 g/mol. The highest BCUT2D eigenvalue weighted by Gasteiger charge is 2.11. The molecule has 0 aromatic heterocycles. The predicted octanol–water partition coefficient (Wildman–Crippen LogP) is 2.42. The van der Waals surface area contributed by atoms with E-state index < -0.39 is 0 Å². The van der Waals surface area contributed by atoms with Gasteiger partial charge in [0, 0.05) is 13.0 Å². The van der Waals surface area contributed by atoms with E-state index in [0.29, 0.717) is 37.9 Å². The van der Waals surface area contributed by atoms with E-state index in [0.717, 1.165) is 6.42 Å². The van der Waals surface area contributed by atoms with Gasteiger partial charge >= 0.3 is 0 Å². The van der Waals surface area contributed by atoms with Crippen molar-refractivity contribution in [2.45, 2.75) is 39.0 Å². The number of unbranched alkanes of at least 4 members (excludes halogenated alkanes) is 1. The molecule has 1 rings (SSSR count). The molecule has 0 aliphatic heterocycles. The van der Waals surface area contributed by atoms with Crippen LogP contribution in [0.25, 0.3) is 0 Å². The van der Waals surface area contributed by atoms with Crippen molar-refractivity contribution >= 4 is 5.91 Å². The van der Waals surface area contributed by atoms with Crippen LogP contribution in [0.4, 0.5) is 4.39 Å². The van der Waals surface area contributed by atoms with E-state index in [2.05, 4.69) is 0 Å². The van der Waals surface area contributed by atoms with Crippen molar-refractivity contribution in [1.82, 2.24) is 0 Å². The highest BCUT2D eigenvalue weighted by molar-refractivity contribution is 5.73. The van der Waals surface area contributed by atoms with Crippen molar-refractivity contribution in [2.75, 3.05) is 13.2 Å². The fraction of sp³-hybridized carbons (Fsp3) is 0.562.